The lowest BCUT2D eigenvalue weighted by molar-refractivity contribution is -0.125. The highest BCUT2D eigenvalue weighted by Crippen LogP contribution is 2.27. The molecule has 2 fully saturated rings. The Kier molecular flexibility index (Phi) is 7.13. The Labute approximate surface area is 187 Å². The monoisotopic (exact) mass is 420 g/mol. The van der Waals surface area contributed by atoms with Crippen LogP contribution in [0, 0.1) is 5.92 Å². The van der Waals surface area contributed by atoms with E-state index in [1.807, 2.05) is 0 Å². The van der Waals surface area contributed by atoms with Crippen molar-refractivity contribution in [3.63, 3.8) is 0 Å². The van der Waals surface area contributed by atoms with Gasteiger partial charge in [0.15, 0.2) is 0 Å². The molecule has 1 heterocycles. The van der Waals surface area contributed by atoms with Gasteiger partial charge in [-0.3, -0.25) is 9.69 Å². The maximum atomic E-state index is 12.7. The number of carbonyl (C=O) groups excluding carboxylic acids is 1. The third kappa shape index (κ3) is 5.40. The third-order valence-electron chi connectivity index (χ3n) is 6.87. The molecule has 1 aliphatic carbocycles. The van der Waals surface area contributed by atoms with Crippen molar-refractivity contribution in [1.29, 1.82) is 0 Å². The molecule has 31 heavy (non-hydrogen) atoms. The fourth-order valence-electron chi connectivity index (χ4n) is 4.91. The summed E-state index contributed by atoms with van der Waals surface area (Å²) >= 11 is 0. The molecule has 1 amide bonds. The molecule has 0 bridgehead atoms. The van der Waals surface area contributed by atoms with Crippen LogP contribution in [-0.4, -0.2) is 57.6 Å². The first-order valence-corrected chi connectivity index (χ1v) is 11.7. The van der Waals surface area contributed by atoms with Crippen LogP contribution in [0.3, 0.4) is 0 Å². The van der Waals surface area contributed by atoms with Crippen LogP contribution in [-0.2, 0) is 4.79 Å². The number of nitrogens with one attached hydrogen (secondary N) is 1. The molecule has 2 aromatic rings. The van der Waals surface area contributed by atoms with Crippen LogP contribution in [0.4, 0.5) is 11.4 Å². The zero-order chi connectivity index (χ0) is 21.6. The van der Waals surface area contributed by atoms with Crippen molar-refractivity contribution >= 4 is 17.3 Å². The van der Waals surface area contributed by atoms with Crippen LogP contribution in [0.5, 0.6) is 0 Å². The van der Waals surface area contributed by atoms with Crippen LogP contribution in [0.25, 0.3) is 0 Å². The summed E-state index contributed by atoms with van der Waals surface area (Å²) in [5, 5.41) is 3.30. The number of hydrogen-bond donors (Lipinski definition) is 1. The average Bonchev–Trinajstić information content (AvgIpc) is 3.36. The minimum atomic E-state index is 0.208. The number of amides is 1. The van der Waals surface area contributed by atoms with Gasteiger partial charge in [0.25, 0.3) is 0 Å². The van der Waals surface area contributed by atoms with Gasteiger partial charge in [0, 0.05) is 64.1 Å². The van der Waals surface area contributed by atoms with Crippen molar-refractivity contribution in [2.45, 2.75) is 31.7 Å². The molecule has 0 spiro atoms. The molecule has 1 atom stereocenters. The van der Waals surface area contributed by atoms with E-state index in [-0.39, 0.29) is 17.9 Å². The number of rotatable bonds is 7. The van der Waals surface area contributed by atoms with Crippen molar-refractivity contribution < 1.29 is 4.79 Å². The summed E-state index contributed by atoms with van der Waals surface area (Å²) in [4.78, 5) is 19.8. The molecule has 166 valence electrons. The predicted molar refractivity (Wildman–Crippen MR) is 129 cm³/mol. The maximum Gasteiger partial charge on any atom is 0.223 e. The first-order chi connectivity index (χ1) is 15.1. The maximum absolute atomic E-state index is 12.7. The van der Waals surface area contributed by atoms with E-state index in [4.69, 9.17) is 0 Å². The zero-order valence-corrected chi connectivity index (χ0v) is 19.0. The molecule has 1 saturated heterocycles. The number of benzene rings is 2. The summed E-state index contributed by atoms with van der Waals surface area (Å²) in [7, 11) is 4.13. The van der Waals surface area contributed by atoms with Gasteiger partial charge in [0.1, 0.15) is 0 Å². The van der Waals surface area contributed by atoms with Crippen molar-refractivity contribution in [2.24, 2.45) is 5.92 Å². The molecule has 1 aliphatic heterocycles. The first-order valence-electron chi connectivity index (χ1n) is 11.7. The van der Waals surface area contributed by atoms with Crippen molar-refractivity contribution in [3.8, 4) is 0 Å². The smallest absolute Gasteiger partial charge is 0.223 e. The van der Waals surface area contributed by atoms with Crippen LogP contribution in [0.15, 0.2) is 54.6 Å². The van der Waals surface area contributed by atoms with E-state index >= 15 is 0 Å². The minimum absolute atomic E-state index is 0.208. The van der Waals surface area contributed by atoms with E-state index in [9.17, 15) is 4.79 Å². The molecular formula is C26H36N4O. The lowest BCUT2D eigenvalue weighted by Crippen LogP contribution is -2.50. The Morgan fingerprint density at radius 2 is 1.61 bits per heavy atom. The standard InChI is InChI=1S/C26H36N4O/c1-28(2)23-14-12-21(13-15-23)25(20-27-26(31)22-8-6-7-9-22)30-18-16-29(17-19-30)24-10-4-3-5-11-24/h3-5,10-15,22,25H,6-9,16-20H2,1-2H3,(H,27,31)/t25-/m0/s1. The number of nitrogens with zero attached hydrogens (tertiary/aromatic N) is 3. The van der Waals surface area contributed by atoms with E-state index < -0.39 is 0 Å². The van der Waals surface area contributed by atoms with Gasteiger partial charge in [-0.05, 0) is 42.7 Å². The number of piperazine rings is 1. The fourth-order valence-corrected chi connectivity index (χ4v) is 4.91. The average molecular weight is 421 g/mol. The second-order valence-corrected chi connectivity index (χ2v) is 9.09. The molecule has 1 saturated carbocycles. The molecule has 1 N–H and O–H groups in total. The minimum Gasteiger partial charge on any atom is -0.378 e. The van der Waals surface area contributed by atoms with Gasteiger partial charge in [0.05, 0.1) is 6.04 Å². The Bertz CT molecular complexity index is 822. The Morgan fingerprint density at radius 1 is 0.968 bits per heavy atom. The quantitative estimate of drug-likeness (QED) is 0.737. The highest BCUT2D eigenvalue weighted by molar-refractivity contribution is 5.78. The molecule has 2 aliphatic rings. The predicted octanol–water partition coefficient (Wildman–Crippen LogP) is 3.92. The van der Waals surface area contributed by atoms with Gasteiger partial charge in [0.2, 0.25) is 5.91 Å². The fraction of sp³-hybridized carbons (Fsp3) is 0.500. The highest BCUT2D eigenvalue weighted by Gasteiger charge is 2.28. The SMILES string of the molecule is CN(C)c1ccc([C@H](CNC(=O)C2CCCC2)N2CCN(c3ccccc3)CC2)cc1. The van der Waals surface area contributed by atoms with E-state index in [1.165, 1.54) is 29.8 Å². The first kappa shape index (κ1) is 21.7. The molecule has 0 unspecified atom stereocenters. The molecule has 5 nitrogen and oxygen atoms in total. The summed E-state index contributed by atoms with van der Waals surface area (Å²) in [6.07, 6.45) is 4.47. The van der Waals surface area contributed by atoms with E-state index in [1.54, 1.807) is 0 Å². The number of carbonyl (C=O) groups is 1. The highest BCUT2D eigenvalue weighted by atomic mass is 16.1. The van der Waals surface area contributed by atoms with Gasteiger partial charge < -0.3 is 15.1 Å². The van der Waals surface area contributed by atoms with Crippen molar-refractivity contribution in [1.82, 2.24) is 10.2 Å². The number of anilines is 2. The van der Waals surface area contributed by atoms with Gasteiger partial charge in [-0.1, -0.05) is 43.2 Å². The third-order valence-corrected chi connectivity index (χ3v) is 6.87. The Morgan fingerprint density at radius 3 is 2.23 bits per heavy atom. The normalized spacial score (nSPS) is 18.7. The second kappa shape index (κ2) is 10.2. The summed E-state index contributed by atoms with van der Waals surface area (Å²) in [6.45, 7) is 4.68. The van der Waals surface area contributed by atoms with E-state index in [2.05, 4.69) is 88.7 Å². The van der Waals surface area contributed by atoms with Crippen LogP contribution in [0.2, 0.25) is 0 Å². The summed E-state index contributed by atoms with van der Waals surface area (Å²) in [6, 6.07) is 19.7. The lowest BCUT2D eigenvalue weighted by Gasteiger charge is -2.40. The molecular weight excluding hydrogens is 384 g/mol. The number of hydrogen-bond acceptors (Lipinski definition) is 4. The lowest BCUT2D eigenvalue weighted by atomic mass is 10.0. The van der Waals surface area contributed by atoms with Gasteiger partial charge in [-0.25, -0.2) is 0 Å². The molecule has 5 heteroatoms. The van der Waals surface area contributed by atoms with Crippen LogP contribution in [0.1, 0.15) is 37.3 Å². The summed E-state index contributed by atoms with van der Waals surface area (Å²) < 4.78 is 0. The van der Waals surface area contributed by atoms with Crippen LogP contribution < -0.4 is 15.1 Å². The molecule has 2 aromatic carbocycles. The zero-order valence-electron chi connectivity index (χ0n) is 19.0. The summed E-state index contributed by atoms with van der Waals surface area (Å²) in [5.41, 5.74) is 3.78. The second-order valence-electron chi connectivity index (χ2n) is 9.09. The van der Waals surface area contributed by atoms with E-state index in [0.717, 1.165) is 39.0 Å². The molecule has 0 radical (unpaired) electrons. The Balaban J connectivity index is 1.44. The van der Waals surface area contributed by atoms with Gasteiger partial charge in [-0.15, -0.1) is 0 Å². The van der Waals surface area contributed by atoms with Crippen molar-refractivity contribution in [3.05, 3.63) is 60.2 Å². The summed E-state index contributed by atoms with van der Waals surface area (Å²) in [5.74, 6) is 0.460. The molecule has 0 aromatic heterocycles. The van der Waals surface area contributed by atoms with Gasteiger partial charge in [-0.2, -0.15) is 0 Å². The topological polar surface area (TPSA) is 38.8 Å². The van der Waals surface area contributed by atoms with Crippen LogP contribution >= 0.6 is 0 Å². The Hall–Kier alpha value is -2.53. The largest absolute Gasteiger partial charge is 0.378 e. The van der Waals surface area contributed by atoms with Gasteiger partial charge >= 0.3 is 0 Å². The number of para-hydroxylation sites is 1. The van der Waals surface area contributed by atoms with E-state index in [0.29, 0.717) is 6.54 Å². The van der Waals surface area contributed by atoms with Crippen molar-refractivity contribution in [2.75, 3.05) is 56.6 Å². The molecule has 4 rings (SSSR count).